The van der Waals surface area contributed by atoms with E-state index in [1.165, 1.54) is 0 Å². The molecule has 1 aromatic rings. The van der Waals surface area contributed by atoms with Gasteiger partial charge in [0.05, 0.1) is 15.7 Å². The molecule has 0 spiro atoms. The van der Waals surface area contributed by atoms with E-state index in [0.29, 0.717) is 6.61 Å². The zero-order valence-electron chi connectivity index (χ0n) is 16.6. The molecule has 0 aromatic heterocycles. The van der Waals surface area contributed by atoms with E-state index in [1.54, 1.807) is 0 Å². The minimum absolute atomic E-state index is 0.0380. The smallest absolute Gasteiger partial charge is 0.191 e. The molecule has 0 fully saturated rings. The molecule has 24 heavy (non-hydrogen) atoms. The Kier molecular flexibility index (Phi) is 7.41. The zero-order chi connectivity index (χ0) is 18.6. The van der Waals surface area contributed by atoms with Crippen LogP contribution in [0.3, 0.4) is 0 Å². The molecule has 0 amide bonds. The molecule has 0 unspecified atom stereocenters. The van der Waals surface area contributed by atoms with Gasteiger partial charge in [0.15, 0.2) is 8.32 Å². The topological polar surface area (TPSA) is 38.3 Å². The molecular formula is C19H35NO2SSi. The molecule has 1 N–H and O–H groups in total. The molecular weight excluding hydrogens is 334 g/mol. The van der Waals surface area contributed by atoms with Gasteiger partial charge in [-0.05, 0) is 50.9 Å². The van der Waals surface area contributed by atoms with Crippen molar-refractivity contribution < 1.29 is 8.63 Å². The molecule has 2 atom stereocenters. The number of hydrogen-bond donors (Lipinski definition) is 1. The fourth-order valence-electron chi connectivity index (χ4n) is 1.93. The maximum atomic E-state index is 12.5. The van der Waals surface area contributed by atoms with Crippen LogP contribution in [-0.2, 0) is 15.4 Å². The van der Waals surface area contributed by atoms with E-state index in [1.807, 2.05) is 39.0 Å². The summed E-state index contributed by atoms with van der Waals surface area (Å²) in [7, 11) is -2.86. The second-order valence-corrected chi connectivity index (χ2v) is 15.7. The molecule has 0 radical (unpaired) electrons. The van der Waals surface area contributed by atoms with Crippen LogP contribution in [0.15, 0.2) is 30.3 Å². The quantitative estimate of drug-likeness (QED) is 0.672. The highest BCUT2D eigenvalue weighted by Crippen LogP contribution is 2.36. The van der Waals surface area contributed by atoms with Crippen molar-refractivity contribution in [3.05, 3.63) is 35.9 Å². The van der Waals surface area contributed by atoms with Crippen LogP contribution in [0.25, 0.3) is 0 Å². The molecule has 0 aliphatic heterocycles. The van der Waals surface area contributed by atoms with Crippen LogP contribution in [0.5, 0.6) is 0 Å². The van der Waals surface area contributed by atoms with Gasteiger partial charge in [-0.1, -0.05) is 51.1 Å². The van der Waals surface area contributed by atoms with Gasteiger partial charge >= 0.3 is 0 Å². The SMILES string of the molecule is CC(C)(C)[S@@](=O)N[C@@H](CCO[Si](C)(C)C(C)(C)C)c1ccccc1. The van der Waals surface area contributed by atoms with Crippen molar-refractivity contribution in [2.75, 3.05) is 6.61 Å². The summed E-state index contributed by atoms with van der Waals surface area (Å²) in [5.74, 6) is 0. The molecule has 1 rings (SSSR count). The van der Waals surface area contributed by atoms with E-state index >= 15 is 0 Å². The highest BCUT2D eigenvalue weighted by molar-refractivity contribution is 7.84. The van der Waals surface area contributed by atoms with Crippen molar-refractivity contribution in [1.29, 1.82) is 0 Å². The Bertz CT molecular complexity index is 533. The number of hydrogen-bond acceptors (Lipinski definition) is 2. The van der Waals surface area contributed by atoms with E-state index in [9.17, 15) is 4.21 Å². The maximum Gasteiger partial charge on any atom is 0.191 e. The van der Waals surface area contributed by atoms with E-state index in [4.69, 9.17) is 4.43 Å². The van der Waals surface area contributed by atoms with E-state index in [2.05, 4.69) is 50.7 Å². The summed E-state index contributed by atoms with van der Waals surface area (Å²) in [6.07, 6.45) is 0.818. The van der Waals surface area contributed by atoms with Gasteiger partial charge in [-0.15, -0.1) is 0 Å². The van der Waals surface area contributed by atoms with Gasteiger partial charge in [-0.3, -0.25) is 0 Å². The predicted molar refractivity (Wildman–Crippen MR) is 108 cm³/mol. The van der Waals surface area contributed by atoms with Crippen molar-refractivity contribution in [3.63, 3.8) is 0 Å². The average molecular weight is 370 g/mol. The standard InChI is InChI=1S/C19H35NO2SSi/c1-18(2,3)23(21)20-17(16-12-10-9-11-13-16)14-15-22-24(7,8)19(4,5)6/h9-13,17,20H,14-15H2,1-8H3/t17-,23+/m0/s1. The lowest BCUT2D eigenvalue weighted by Crippen LogP contribution is -2.42. The Morgan fingerprint density at radius 1 is 1.08 bits per heavy atom. The van der Waals surface area contributed by atoms with Crippen LogP contribution < -0.4 is 4.72 Å². The molecule has 3 nitrogen and oxygen atoms in total. The number of benzene rings is 1. The summed E-state index contributed by atoms with van der Waals surface area (Å²) in [6, 6.07) is 10.3. The summed E-state index contributed by atoms with van der Waals surface area (Å²) < 4.78 is 21.9. The molecule has 0 aliphatic carbocycles. The first-order chi connectivity index (χ1) is 10.8. The van der Waals surface area contributed by atoms with E-state index in [0.717, 1.165) is 12.0 Å². The predicted octanol–water partition coefficient (Wildman–Crippen LogP) is 5.19. The van der Waals surface area contributed by atoms with Gasteiger partial charge in [0.25, 0.3) is 0 Å². The largest absolute Gasteiger partial charge is 0.417 e. The van der Waals surface area contributed by atoms with Gasteiger partial charge in [0, 0.05) is 12.6 Å². The Labute approximate surface area is 152 Å². The van der Waals surface area contributed by atoms with Crippen molar-refractivity contribution in [3.8, 4) is 0 Å². The summed E-state index contributed by atoms with van der Waals surface area (Å²) in [5, 5.41) is 0.205. The van der Waals surface area contributed by atoms with E-state index in [-0.39, 0.29) is 15.8 Å². The summed E-state index contributed by atoms with van der Waals surface area (Å²) in [5.41, 5.74) is 1.16. The average Bonchev–Trinajstić information content (AvgIpc) is 2.44. The third kappa shape index (κ3) is 6.43. The first-order valence-electron chi connectivity index (χ1n) is 8.71. The van der Waals surface area contributed by atoms with Crippen LogP contribution in [0.1, 0.15) is 59.6 Å². The van der Waals surface area contributed by atoms with Gasteiger partial charge in [-0.2, -0.15) is 0 Å². The lowest BCUT2D eigenvalue weighted by Gasteiger charge is -2.36. The molecule has 5 heteroatoms. The van der Waals surface area contributed by atoms with Crippen LogP contribution >= 0.6 is 0 Å². The third-order valence-corrected chi connectivity index (χ3v) is 10.8. The molecule has 138 valence electrons. The fourth-order valence-corrected chi connectivity index (χ4v) is 3.86. The van der Waals surface area contributed by atoms with Crippen molar-refractivity contribution >= 4 is 19.3 Å². The van der Waals surface area contributed by atoms with Crippen LogP contribution in [0.4, 0.5) is 0 Å². The van der Waals surface area contributed by atoms with Gasteiger partial charge in [-0.25, -0.2) is 8.93 Å². The zero-order valence-corrected chi connectivity index (χ0v) is 18.4. The Balaban J connectivity index is 2.79. The minimum Gasteiger partial charge on any atom is -0.417 e. The maximum absolute atomic E-state index is 12.5. The first-order valence-corrected chi connectivity index (χ1v) is 12.8. The van der Waals surface area contributed by atoms with Gasteiger partial charge in [0.2, 0.25) is 0 Å². The summed E-state index contributed by atoms with van der Waals surface area (Å²) in [4.78, 5) is 0. The number of rotatable bonds is 7. The Morgan fingerprint density at radius 2 is 1.62 bits per heavy atom. The Morgan fingerprint density at radius 3 is 2.08 bits per heavy atom. The minimum atomic E-state index is -1.75. The first kappa shape index (κ1) is 21.5. The van der Waals surface area contributed by atoms with Crippen LogP contribution in [-0.4, -0.2) is 23.9 Å². The molecule has 0 heterocycles. The Hall–Kier alpha value is -0.493. The second kappa shape index (κ2) is 8.26. The third-order valence-electron chi connectivity index (χ3n) is 4.68. The molecule has 0 aliphatic rings. The highest BCUT2D eigenvalue weighted by atomic mass is 32.2. The second-order valence-electron chi connectivity index (χ2n) is 8.86. The molecule has 0 saturated heterocycles. The highest BCUT2D eigenvalue weighted by Gasteiger charge is 2.37. The monoisotopic (exact) mass is 369 g/mol. The van der Waals surface area contributed by atoms with Crippen LogP contribution in [0, 0.1) is 0 Å². The molecule has 0 bridgehead atoms. The molecule has 1 aromatic carbocycles. The normalized spacial score (nSPS) is 16.0. The fraction of sp³-hybridized carbons (Fsp3) is 0.684. The summed E-state index contributed by atoms with van der Waals surface area (Å²) >= 11 is 0. The molecule has 0 saturated carbocycles. The lowest BCUT2D eigenvalue weighted by atomic mass is 10.1. The van der Waals surface area contributed by atoms with Crippen molar-refractivity contribution in [1.82, 2.24) is 4.72 Å². The van der Waals surface area contributed by atoms with Crippen molar-refractivity contribution in [2.24, 2.45) is 0 Å². The van der Waals surface area contributed by atoms with E-state index < -0.39 is 19.3 Å². The van der Waals surface area contributed by atoms with Crippen LogP contribution in [0.2, 0.25) is 18.1 Å². The van der Waals surface area contributed by atoms with Gasteiger partial charge < -0.3 is 4.43 Å². The summed E-state index contributed by atoms with van der Waals surface area (Å²) in [6.45, 7) is 17.9. The lowest BCUT2D eigenvalue weighted by molar-refractivity contribution is 0.269. The van der Waals surface area contributed by atoms with Crippen molar-refractivity contribution in [2.45, 2.75) is 76.9 Å². The number of nitrogens with one attached hydrogen (secondary N) is 1. The van der Waals surface area contributed by atoms with Gasteiger partial charge in [0.1, 0.15) is 0 Å².